The number of anilines is 2. The molecule has 1 atom stereocenters. The fraction of sp³-hybridized carbons (Fsp3) is 0.333. The summed E-state index contributed by atoms with van der Waals surface area (Å²) in [6, 6.07) is 17.6. The third kappa shape index (κ3) is 5.09. The molecule has 1 aromatic heterocycles. The second-order valence-electron chi connectivity index (χ2n) is 11.4. The molecule has 1 fully saturated rings. The van der Waals surface area contributed by atoms with Crippen LogP contribution in [-0.2, 0) is 6.61 Å². The molecule has 10 nitrogen and oxygen atoms in total. The van der Waals surface area contributed by atoms with Gasteiger partial charge in [-0.1, -0.05) is 45.0 Å². The van der Waals surface area contributed by atoms with Crippen LogP contribution >= 0.6 is 0 Å². The van der Waals surface area contributed by atoms with E-state index in [2.05, 4.69) is 65.6 Å². The third-order valence-electron chi connectivity index (χ3n) is 7.15. The Hall–Kier alpha value is -4.82. The Balaban J connectivity index is 1.62. The molecule has 1 saturated carbocycles. The summed E-state index contributed by atoms with van der Waals surface area (Å²) in [7, 11) is 0. The summed E-state index contributed by atoms with van der Waals surface area (Å²) in [5.74, 6) is 0. The molecule has 5 N–H and O–H groups in total. The minimum absolute atomic E-state index is 0.0445. The highest BCUT2D eigenvalue weighted by Gasteiger charge is 2.50. The number of aromatic nitrogens is 1. The highest BCUT2D eigenvalue weighted by molar-refractivity contribution is 5.99. The SMILES string of the molecule is CC(C)(C)CNc1c(C#N)cnc2c(C#N)cc(N[C@H](C3=CN(C4(C#N)CC4)NN3)c3ccccc3CO)cc12. The molecule has 0 amide bonds. The number of nitrogens with one attached hydrogen (secondary N) is 4. The van der Waals surface area contributed by atoms with Crippen LogP contribution in [0.4, 0.5) is 11.4 Å². The van der Waals surface area contributed by atoms with E-state index in [0.717, 1.165) is 29.7 Å². The number of benzene rings is 2. The Morgan fingerprint density at radius 2 is 1.88 bits per heavy atom. The van der Waals surface area contributed by atoms with Crippen LogP contribution in [0.3, 0.4) is 0 Å². The zero-order valence-electron chi connectivity index (χ0n) is 22.7. The third-order valence-corrected chi connectivity index (χ3v) is 7.15. The molecule has 1 aliphatic heterocycles. The highest BCUT2D eigenvalue weighted by Crippen LogP contribution is 2.42. The van der Waals surface area contributed by atoms with Crippen molar-refractivity contribution in [3.8, 4) is 18.2 Å². The van der Waals surface area contributed by atoms with E-state index < -0.39 is 11.6 Å². The summed E-state index contributed by atoms with van der Waals surface area (Å²) < 4.78 is 0. The van der Waals surface area contributed by atoms with Crippen molar-refractivity contribution in [3.63, 3.8) is 0 Å². The highest BCUT2D eigenvalue weighted by atomic mass is 16.3. The Labute approximate surface area is 233 Å². The Morgan fingerprint density at radius 3 is 2.52 bits per heavy atom. The number of hydrogen-bond acceptors (Lipinski definition) is 10. The standard InChI is InChI=1S/C30H31N9O/c1-29(2,3)18-35-27-21(13-32)14-34-26-20(12-31)10-22(11-24(26)27)36-28(23-7-5-4-6-19(23)16-40)25-15-39(38-37-25)30(17-33)8-9-30/h4-7,10-11,14-15,28,36-38,40H,8-9,16,18H2,1-3H3,(H,34,35)/t28-/m0/s1. The van der Waals surface area contributed by atoms with E-state index in [1.54, 1.807) is 11.1 Å². The number of nitrogens with zero attached hydrogens (tertiary/aromatic N) is 5. The zero-order chi connectivity index (χ0) is 28.5. The number of fused-ring (bicyclic) bond motifs is 1. The van der Waals surface area contributed by atoms with Gasteiger partial charge in [0, 0.05) is 30.0 Å². The Morgan fingerprint density at radius 1 is 1.12 bits per heavy atom. The largest absolute Gasteiger partial charge is 0.392 e. The number of aliphatic hydroxyl groups excluding tert-OH is 1. The van der Waals surface area contributed by atoms with Crippen molar-refractivity contribution in [2.75, 3.05) is 17.2 Å². The van der Waals surface area contributed by atoms with Crippen molar-refractivity contribution in [3.05, 3.63) is 76.7 Å². The van der Waals surface area contributed by atoms with Gasteiger partial charge in [-0.05, 0) is 41.5 Å². The van der Waals surface area contributed by atoms with Gasteiger partial charge < -0.3 is 21.2 Å². The summed E-state index contributed by atoms with van der Waals surface area (Å²) in [4.78, 5) is 4.45. The maximum Gasteiger partial charge on any atom is 0.143 e. The minimum atomic E-state index is -0.584. The molecule has 0 unspecified atom stereocenters. The van der Waals surface area contributed by atoms with Crippen molar-refractivity contribution in [2.45, 2.75) is 51.8 Å². The second-order valence-corrected chi connectivity index (χ2v) is 11.4. The Bertz CT molecular complexity index is 1610. The predicted octanol–water partition coefficient (Wildman–Crippen LogP) is 4.30. The lowest BCUT2D eigenvalue weighted by molar-refractivity contribution is 0.217. The summed E-state index contributed by atoms with van der Waals surface area (Å²) in [5.41, 5.74) is 10.5. The molecule has 0 bridgehead atoms. The molecule has 10 heteroatoms. The van der Waals surface area contributed by atoms with Crippen LogP contribution < -0.4 is 21.6 Å². The van der Waals surface area contributed by atoms with Crippen LogP contribution in [0.5, 0.6) is 0 Å². The van der Waals surface area contributed by atoms with Crippen LogP contribution in [0.15, 0.2) is 54.5 Å². The molecule has 0 saturated heterocycles. The second kappa shape index (κ2) is 10.4. The van der Waals surface area contributed by atoms with E-state index in [-0.39, 0.29) is 12.0 Å². The summed E-state index contributed by atoms with van der Waals surface area (Å²) in [6.07, 6.45) is 4.90. The number of aliphatic hydroxyl groups is 1. The number of pyridine rings is 1. The normalized spacial score (nSPS) is 16.2. The Kier molecular flexibility index (Phi) is 6.95. The molecule has 0 spiro atoms. The van der Waals surface area contributed by atoms with E-state index in [1.807, 2.05) is 36.5 Å². The molecular weight excluding hydrogens is 502 g/mol. The van der Waals surface area contributed by atoms with E-state index in [9.17, 15) is 20.9 Å². The lowest BCUT2D eigenvalue weighted by Gasteiger charge is -2.24. The first-order chi connectivity index (χ1) is 19.2. The first-order valence-corrected chi connectivity index (χ1v) is 13.1. The van der Waals surface area contributed by atoms with Crippen LogP contribution in [0, 0.1) is 39.4 Å². The maximum atomic E-state index is 10.1. The quantitative estimate of drug-likeness (QED) is 0.283. The van der Waals surface area contributed by atoms with Gasteiger partial charge in [0.25, 0.3) is 0 Å². The van der Waals surface area contributed by atoms with Gasteiger partial charge in [0.05, 0.1) is 46.7 Å². The first-order valence-electron chi connectivity index (χ1n) is 13.1. The van der Waals surface area contributed by atoms with Crippen molar-refractivity contribution in [1.82, 2.24) is 21.0 Å². The van der Waals surface area contributed by atoms with E-state index in [4.69, 9.17) is 0 Å². The molecule has 2 aromatic carbocycles. The van der Waals surface area contributed by atoms with E-state index in [1.165, 1.54) is 6.20 Å². The fourth-order valence-electron chi connectivity index (χ4n) is 4.78. The molecule has 202 valence electrons. The van der Waals surface area contributed by atoms with Crippen molar-refractivity contribution in [1.29, 1.82) is 15.8 Å². The summed E-state index contributed by atoms with van der Waals surface area (Å²) in [5, 5.41) is 49.1. The molecule has 5 rings (SSSR count). The van der Waals surface area contributed by atoms with Crippen molar-refractivity contribution in [2.24, 2.45) is 5.41 Å². The van der Waals surface area contributed by atoms with Gasteiger partial charge in [-0.25, -0.2) is 0 Å². The van der Waals surface area contributed by atoms with Crippen LogP contribution in [-0.4, -0.2) is 27.2 Å². The lowest BCUT2D eigenvalue weighted by atomic mass is 9.96. The van der Waals surface area contributed by atoms with Gasteiger partial charge in [0.2, 0.25) is 0 Å². The number of nitriles is 3. The van der Waals surface area contributed by atoms with Gasteiger partial charge in [0.15, 0.2) is 0 Å². The maximum absolute atomic E-state index is 10.1. The van der Waals surface area contributed by atoms with Gasteiger partial charge in [0.1, 0.15) is 17.7 Å². The van der Waals surface area contributed by atoms with E-state index >= 15 is 0 Å². The van der Waals surface area contributed by atoms with Gasteiger partial charge in [-0.15, -0.1) is 5.53 Å². The smallest absolute Gasteiger partial charge is 0.143 e. The molecular formula is C30H31N9O. The summed E-state index contributed by atoms with van der Waals surface area (Å²) in [6.45, 7) is 6.77. The van der Waals surface area contributed by atoms with Crippen molar-refractivity contribution < 1.29 is 5.11 Å². The fourth-order valence-corrected chi connectivity index (χ4v) is 4.78. The molecule has 1 aliphatic carbocycles. The lowest BCUT2D eigenvalue weighted by Crippen LogP contribution is -2.44. The van der Waals surface area contributed by atoms with Crippen LogP contribution in [0.25, 0.3) is 10.9 Å². The average Bonchev–Trinajstić information content (AvgIpc) is 3.61. The monoisotopic (exact) mass is 533 g/mol. The zero-order valence-corrected chi connectivity index (χ0v) is 22.7. The molecule has 40 heavy (non-hydrogen) atoms. The van der Waals surface area contributed by atoms with Gasteiger partial charge >= 0.3 is 0 Å². The predicted molar refractivity (Wildman–Crippen MR) is 152 cm³/mol. The summed E-state index contributed by atoms with van der Waals surface area (Å²) >= 11 is 0. The van der Waals surface area contributed by atoms with Crippen LogP contribution in [0.1, 0.15) is 61.9 Å². The van der Waals surface area contributed by atoms with E-state index in [0.29, 0.717) is 39.9 Å². The molecule has 0 radical (unpaired) electrons. The molecule has 2 heterocycles. The van der Waals surface area contributed by atoms with Gasteiger partial charge in [-0.3, -0.25) is 9.99 Å². The number of hydrogen-bond donors (Lipinski definition) is 5. The van der Waals surface area contributed by atoms with Gasteiger partial charge in [-0.2, -0.15) is 15.8 Å². The molecule has 2 aliphatic rings. The molecule has 3 aromatic rings. The van der Waals surface area contributed by atoms with Crippen molar-refractivity contribution >= 4 is 22.3 Å². The average molecular weight is 534 g/mol. The number of rotatable bonds is 8. The van der Waals surface area contributed by atoms with Crippen LogP contribution in [0.2, 0.25) is 0 Å². The number of hydrazine groups is 2. The topological polar surface area (TPSA) is 156 Å². The minimum Gasteiger partial charge on any atom is -0.392 e. The first kappa shape index (κ1) is 26.8.